The number of thioether (sulfide) groups is 1. The number of ether oxygens (including phenoxy) is 2. The molecule has 0 unspecified atom stereocenters. The van der Waals surface area contributed by atoms with Crippen molar-refractivity contribution >= 4 is 21.6 Å². The van der Waals surface area contributed by atoms with Crippen LogP contribution in [0.1, 0.15) is 5.82 Å². The number of rotatable bonds is 9. The quantitative estimate of drug-likeness (QED) is 0.414. The summed E-state index contributed by atoms with van der Waals surface area (Å²) < 4.78 is 36.7. The lowest BCUT2D eigenvalue weighted by Gasteiger charge is -2.08. The number of benzene rings is 2. The fraction of sp³-hybridized carbons (Fsp3) is 0.222. The molecule has 0 saturated heterocycles. The third-order valence-corrected chi connectivity index (χ3v) is 6.77. The average Bonchev–Trinajstić information content (AvgIpc) is 3.07. The van der Waals surface area contributed by atoms with E-state index in [1.165, 1.54) is 16.4 Å². The van der Waals surface area contributed by atoms with Gasteiger partial charge >= 0.3 is 0 Å². The summed E-state index contributed by atoms with van der Waals surface area (Å²) >= 11 is 1.23. The normalized spacial score (nSPS) is 11.3. The molecule has 0 spiro atoms. The lowest BCUT2D eigenvalue weighted by molar-refractivity contribution is 0.289. The van der Waals surface area contributed by atoms with Gasteiger partial charge in [-0.05, 0) is 24.3 Å². The molecule has 10 heteroatoms. The Labute approximate surface area is 167 Å². The minimum Gasteiger partial charge on any atom is -0.497 e. The van der Waals surface area contributed by atoms with Crippen molar-refractivity contribution in [2.24, 2.45) is 0 Å². The standard InChI is InChI=1S/C18H20N4O4S2/c1-25-14-6-5-7-15(12-14)26-13-17-20-21-18(22(17)19)27-10-11-28(23,24)16-8-3-2-4-9-16/h2-9,12H,10-11,13,19H2,1H3. The van der Waals surface area contributed by atoms with E-state index < -0.39 is 9.84 Å². The Morgan fingerprint density at radius 2 is 1.82 bits per heavy atom. The Kier molecular flexibility index (Phi) is 6.42. The van der Waals surface area contributed by atoms with Crippen molar-refractivity contribution in [2.75, 3.05) is 24.5 Å². The largest absolute Gasteiger partial charge is 0.497 e. The Morgan fingerprint density at radius 1 is 1.07 bits per heavy atom. The maximum Gasteiger partial charge on any atom is 0.209 e. The van der Waals surface area contributed by atoms with E-state index in [1.54, 1.807) is 49.6 Å². The van der Waals surface area contributed by atoms with Gasteiger partial charge in [0.15, 0.2) is 15.7 Å². The second-order valence-corrected chi connectivity index (χ2v) is 8.89. The fourth-order valence-corrected chi connectivity index (χ4v) is 4.88. The first-order valence-corrected chi connectivity index (χ1v) is 11.0. The van der Waals surface area contributed by atoms with Gasteiger partial charge in [-0.25, -0.2) is 13.1 Å². The molecule has 148 valence electrons. The molecule has 3 rings (SSSR count). The van der Waals surface area contributed by atoms with Crippen LogP contribution in [0.2, 0.25) is 0 Å². The van der Waals surface area contributed by atoms with E-state index in [0.29, 0.717) is 33.1 Å². The van der Waals surface area contributed by atoms with Crippen molar-refractivity contribution in [1.29, 1.82) is 0 Å². The monoisotopic (exact) mass is 420 g/mol. The molecule has 0 fully saturated rings. The van der Waals surface area contributed by atoms with Crippen molar-refractivity contribution in [3.63, 3.8) is 0 Å². The van der Waals surface area contributed by atoms with E-state index in [9.17, 15) is 8.42 Å². The smallest absolute Gasteiger partial charge is 0.209 e. The van der Waals surface area contributed by atoms with E-state index >= 15 is 0 Å². The molecule has 0 radical (unpaired) electrons. The summed E-state index contributed by atoms with van der Waals surface area (Å²) in [7, 11) is -1.76. The maximum atomic E-state index is 12.3. The van der Waals surface area contributed by atoms with Crippen LogP contribution in [-0.4, -0.2) is 41.9 Å². The zero-order valence-corrected chi connectivity index (χ0v) is 16.8. The molecule has 28 heavy (non-hydrogen) atoms. The van der Waals surface area contributed by atoms with Crippen LogP contribution in [0.3, 0.4) is 0 Å². The summed E-state index contributed by atoms with van der Waals surface area (Å²) in [5, 5.41) is 8.44. The summed E-state index contributed by atoms with van der Waals surface area (Å²) in [6, 6.07) is 15.5. The van der Waals surface area contributed by atoms with Crippen molar-refractivity contribution in [3.8, 4) is 11.5 Å². The summed E-state index contributed by atoms with van der Waals surface area (Å²) in [6.07, 6.45) is 0. The predicted molar refractivity (Wildman–Crippen MR) is 107 cm³/mol. The van der Waals surface area contributed by atoms with Gasteiger partial charge in [-0.3, -0.25) is 0 Å². The molecule has 3 aromatic rings. The molecule has 0 saturated carbocycles. The van der Waals surface area contributed by atoms with Gasteiger partial charge in [-0.1, -0.05) is 36.0 Å². The first-order chi connectivity index (χ1) is 13.5. The fourth-order valence-electron chi connectivity index (χ4n) is 2.33. The van der Waals surface area contributed by atoms with Crippen LogP contribution < -0.4 is 15.3 Å². The first kappa shape index (κ1) is 20.0. The number of nitrogens with zero attached hydrogens (tertiary/aromatic N) is 3. The van der Waals surface area contributed by atoms with Gasteiger partial charge < -0.3 is 15.3 Å². The van der Waals surface area contributed by atoms with Gasteiger partial charge in [-0.2, -0.15) is 0 Å². The molecule has 2 N–H and O–H groups in total. The van der Waals surface area contributed by atoms with Crippen LogP contribution in [0.4, 0.5) is 0 Å². The highest BCUT2D eigenvalue weighted by molar-refractivity contribution is 8.00. The van der Waals surface area contributed by atoms with E-state index in [1.807, 2.05) is 12.1 Å². The third-order valence-electron chi connectivity index (χ3n) is 3.83. The average molecular weight is 421 g/mol. The van der Waals surface area contributed by atoms with E-state index in [2.05, 4.69) is 10.2 Å². The predicted octanol–water partition coefficient (Wildman–Crippen LogP) is 2.15. The number of aromatic nitrogens is 3. The third kappa shape index (κ3) is 4.96. The number of nitrogens with two attached hydrogens (primary N) is 1. The van der Waals surface area contributed by atoms with Crippen LogP contribution in [0.5, 0.6) is 11.5 Å². The van der Waals surface area contributed by atoms with Crippen LogP contribution in [0.25, 0.3) is 0 Å². The van der Waals surface area contributed by atoms with Crippen molar-refractivity contribution < 1.29 is 17.9 Å². The number of sulfone groups is 1. The van der Waals surface area contributed by atoms with Gasteiger partial charge in [0.1, 0.15) is 18.1 Å². The first-order valence-electron chi connectivity index (χ1n) is 8.36. The molecular formula is C18H20N4O4S2. The van der Waals surface area contributed by atoms with Gasteiger partial charge in [0.2, 0.25) is 5.16 Å². The highest BCUT2D eigenvalue weighted by atomic mass is 32.2. The Hall–Kier alpha value is -2.72. The Balaban J connectivity index is 1.56. The second kappa shape index (κ2) is 8.98. The summed E-state index contributed by atoms with van der Waals surface area (Å²) in [5.74, 6) is 8.01. The van der Waals surface area contributed by atoms with Crippen LogP contribution in [0, 0.1) is 0 Å². The molecule has 0 bridgehead atoms. The molecule has 1 heterocycles. The zero-order valence-electron chi connectivity index (χ0n) is 15.2. The number of hydrogen-bond donors (Lipinski definition) is 1. The molecule has 0 aliphatic rings. The van der Waals surface area contributed by atoms with Gasteiger partial charge in [0.05, 0.1) is 17.8 Å². The second-order valence-electron chi connectivity index (χ2n) is 5.72. The van der Waals surface area contributed by atoms with Gasteiger partial charge in [0, 0.05) is 11.8 Å². The Morgan fingerprint density at radius 3 is 2.57 bits per heavy atom. The van der Waals surface area contributed by atoms with E-state index in [-0.39, 0.29) is 12.4 Å². The minimum atomic E-state index is -3.35. The highest BCUT2D eigenvalue weighted by Gasteiger charge is 2.16. The van der Waals surface area contributed by atoms with Crippen molar-refractivity contribution in [3.05, 3.63) is 60.4 Å². The molecule has 0 atom stereocenters. The lowest BCUT2D eigenvalue weighted by atomic mass is 10.3. The molecule has 0 aliphatic heterocycles. The van der Waals surface area contributed by atoms with Crippen LogP contribution >= 0.6 is 11.8 Å². The van der Waals surface area contributed by atoms with Crippen LogP contribution in [0.15, 0.2) is 64.6 Å². The highest BCUT2D eigenvalue weighted by Crippen LogP contribution is 2.21. The SMILES string of the molecule is COc1cccc(OCc2nnc(SCCS(=O)(=O)c3ccccc3)n2N)c1. The molecular weight excluding hydrogens is 400 g/mol. The molecule has 8 nitrogen and oxygen atoms in total. The lowest BCUT2D eigenvalue weighted by Crippen LogP contribution is -2.16. The summed E-state index contributed by atoms with van der Waals surface area (Å²) in [6.45, 7) is 0.125. The van der Waals surface area contributed by atoms with Crippen molar-refractivity contribution in [1.82, 2.24) is 14.9 Å². The number of methoxy groups -OCH3 is 1. The van der Waals surface area contributed by atoms with Gasteiger partial charge in [0.25, 0.3) is 0 Å². The summed E-state index contributed by atoms with van der Waals surface area (Å²) in [4.78, 5) is 0.303. The molecule has 1 aromatic heterocycles. The molecule has 2 aromatic carbocycles. The van der Waals surface area contributed by atoms with E-state index in [0.717, 1.165) is 0 Å². The molecule has 0 aliphatic carbocycles. The number of hydrogen-bond acceptors (Lipinski definition) is 8. The number of nitrogen functional groups attached to an aromatic ring is 1. The van der Waals surface area contributed by atoms with Crippen molar-refractivity contribution in [2.45, 2.75) is 16.7 Å². The van der Waals surface area contributed by atoms with E-state index in [4.69, 9.17) is 15.3 Å². The Bertz CT molecular complexity index is 1020. The maximum absolute atomic E-state index is 12.3. The molecule has 0 amide bonds. The van der Waals surface area contributed by atoms with Crippen LogP contribution in [-0.2, 0) is 16.4 Å². The zero-order chi connectivity index (χ0) is 20.0. The van der Waals surface area contributed by atoms with Gasteiger partial charge in [-0.15, -0.1) is 10.2 Å². The topological polar surface area (TPSA) is 109 Å². The summed E-state index contributed by atoms with van der Waals surface area (Å²) in [5.41, 5.74) is 0. The minimum absolute atomic E-state index is 0.0236.